The summed E-state index contributed by atoms with van der Waals surface area (Å²) < 4.78 is 22.5. The molecule has 1 aliphatic carbocycles. The minimum Gasteiger partial charge on any atom is -0.477 e. The largest absolute Gasteiger partial charge is 0.477 e. The number of carbonyl (C=O) groups is 5. The third kappa shape index (κ3) is 9.46. The van der Waals surface area contributed by atoms with Crippen molar-refractivity contribution in [3.63, 3.8) is 0 Å². The summed E-state index contributed by atoms with van der Waals surface area (Å²) in [4.78, 5) is 82.3. The van der Waals surface area contributed by atoms with Gasteiger partial charge in [-0.25, -0.2) is 14.0 Å². The first-order chi connectivity index (χ1) is 26.8. The predicted octanol–water partition coefficient (Wildman–Crippen LogP) is 3.78. The van der Waals surface area contributed by atoms with Crippen LogP contribution < -0.4 is 26.3 Å². The molecule has 3 aromatic rings. The summed E-state index contributed by atoms with van der Waals surface area (Å²) in [6.45, 7) is 6.33. The number of aromatic nitrogens is 1. The summed E-state index contributed by atoms with van der Waals surface area (Å²) in [6.07, 6.45) is 4.32. The maximum absolute atomic E-state index is 15.3. The molecule has 0 spiro atoms. The molecule has 1 saturated carbocycles. The van der Waals surface area contributed by atoms with E-state index in [1.165, 1.54) is 11.1 Å². The number of nitrogens with one attached hydrogen (secondary N) is 3. The van der Waals surface area contributed by atoms with Crippen molar-refractivity contribution in [1.29, 1.82) is 0 Å². The van der Waals surface area contributed by atoms with Gasteiger partial charge in [-0.3, -0.25) is 19.2 Å². The van der Waals surface area contributed by atoms with Crippen LogP contribution in [0.15, 0.2) is 47.4 Å². The normalized spacial score (nSPS) is 15.5. The van der Waals surface area contributed by atoms with Crippen LogP contribution in [0.4, 0.5) is 20.6 Å². The van der Waals surface area contributed by atoms with Crippen LogP contribution in [-0.2, 0) is 32.3 Å². The molecule has 1 atom stereocenters. The quantitative estimate of drug-likeness (QED) is 0.123. The second-order valence-corrected chi connectivity index (χ2v) is 14.6. The number of halogens is 1. The number of piperazine rings is 1. The van der Waals surface area contributed by atoms with Gasteiger partial charge in [0.1, 0.15) is 29.4 Å². The molecule has 2 aliphatic rings. The first-order valence-electron chi connectivity index (χ1n) is 19.2. The molecule has 2 aromatic carbocycles. The lowest BCUT2D eigenvalue weighted by atomic mass is 9.67. The van der Waals surface area contributed by atoms with E-state index in [1.807, 2.05) is 14.1 Å². The number of aromatic carboxylic acids is 1. The number of pyridine rings is 1. The van der Waals surface area contributed by atoms with Crippen molar-refractivity contribution in [2.45, 2.75) is 71.6 Å². The molecule has 56 heavy (non-hydrogen) atoms. The Morgan fingerprint density at radius 2 is 1.68 bits per heavy atom. The number of benzene rings is 2. The van der Waals surface area contributed by atoms with Crippen molar-refractivity contribution in [2.24, 2.45) is 5.41 Å². The van der Waals surface area contributed by atoms with Gasteiger partial charge in [0, 0.05) is 56.5 Å². The van der Waals surface area contributed by atoms with Crippen molar-refractivity contribution in [1.82, 2.24) is 25.0 Å². The summed E-state index contributed by atoms with van der Waals surface area (Å²) in [5, 5.41) is 17.9. The van der Waals surface area contributed by atoms with Gasteiger partial charge in [0.15, 0.2) is 0 Å². The van der Waals surface area contributed by atoms with Crippen LogP contribution in [-0.4, -0.2) is 109 Å². The summed E-state index contributed by atoms with van der Waals surface area (Å²) >= 11 is 0. The van der Waals surface area contributed by atoms with Crippen molar-refractivity contribution in [3.05, 3.63) is 69.8 Å². The van der Waals surface area contributed by atoms with Crippen molar-refractivity contribution >= 4 is 52.1 Å². The third-order valence-corrected chi connectivity index (χ3v) is 10.6. The zero-order valence-electron chi connectivity index (χ0n) is 32.5. The second kappa shape index (κ2) is 18.4. The number of unbranched alkanes of at least 4 members (excludes halogenated alkanes) is 1. The van der Waals surface area contributed by atoms with Crippen LogP contribution in [0.2, 0.25) is 0 Å². The SMILES string of the molecule is CCNC(=O)C1(C(=O)N[C@@H](CCCCN(C)C)C(=O)Nc2ccc(COC(=O)N3CCN(c4cc5c(cc4F)c(=O)c(C(=O)O)cn5CC)CC3)cc2)CCC1. The summed E-state index contributed by atoms with van der Waals surface area (Å²) in [6, 6.07) is 8.61. The molecule has 302 valence electrons. The number of carboxylic acid groups (broad SMARTS) is 1. The predicted molar refractivity (Wildman–Crippen MR) is 209 cm³/mol. The lowest BCUT2D eigenvalue weighted by molar-refractivity contribution is -0.150. The lowest BCUT2D eigenvalue weighted by Crippen LogP contribution is -2.58. The van der Waals surface area contributed by atoms with E-state index in [9.17, 15) is 33.9 Å². The maximum atomic E-state index is 15.3. The molecule has 1 aliphatic heterocycles. The zero-order chi connectivity index (χ0) is 40.6. The average Bonchev–Trinajstić information content (AvgIpc) is 3.15. The van der Waals surface area contributed by atoms with Crippen LogP contribution in [0.1, 0.15) is 68.3 Å². The van der Waals surface area contributed by atoms with Gasteiger partial charge in [0.2, 0.25) is 23.2 Å². The van der Waals surface area contributed by atoms with E-state index in [-0.39, 0.29) is 42.6 Å². The molecule has 0 bridgehead atoms. The molecule has 2 heterocycles. The highest BCUT2D eigenvalue weighted by atomic mass is 19.1. The van der Waals surface area contributed by atoms with Crippen molar-refractivity contribution < 1.29 is 38.2 Å². The standard InChI is InChI=1S/C40H52FN7O8/c1-5-42-37(53)40(15-9-16-40)38(54)44-31(10-7-8-17-45(3)4)35(50)43-27-13-11-26(12-14-27)25-56-39(55)48-20-18-47(19-21-48)33-23-32-28(22-30(33)41)34(49)29(36(51)52)24-46(32)6-2/h11-14,22-24,31H,5-10,15-21,25H2,1-4H3,(H,42,53)(H,43,50)(H,44,54)(H,51,52)/t31-/m0/s1. The molecule has 0 radical (unpaired) electrons. The smallest absolute Gasteiger partial charge is 0.410 e. The number of amides is 4. The molecule has 1 saturated heterocycles. The molecule has 1 aromatic heterocycles. The Bertz CT molecular complexity index is 1990. The van der Waals surface area contributed by atoms with Crippen LogP contribution in [0.25, 0.3) is 10.9 Å². The van der Waals surface area contributed by atoms with Crippen molar-refractivity contribution in [3.8, 4) is 0 Å². The van der Waals surface area contributed by atoms with Gasteiger partial charge in [-0.2, -0.15) is 0 Å². The Balaban J connectivity index is 1.15. The van der Waals surface area contributed by atoms with Gasteiger partial charge in [0.25, 0.3) is 0 Å². The number of nitrogens with zero attached hydrogens (tertiary/aromatic N) is 4. The number of rotatable bonds is 16. The Morgan fingerprint density at radius 3 is 2.27 bits per heavy atom. The van der Waals surface area contributed by atoms with E-state index < -0.39 is 46.2 Å². The number of fused-ring (bicyclic) bond motifs is 1. The van der Waals surface area contributed by atoms with E-state index in [4.69, 9.17) is 4.74 Å². The molecule has 5 rings (SSSR count). The number of aryl methyl sites for hydroxylation is 1. The van der Waals surface area contributed by atoms with Gasteiger partial charge < -0.3 is 45.1 Å². The summed E-state index contributed by atoms with van der Waals surface area (Å²) in [7, 11) is 3.94. The number of ether oxygens (including phenoxy) is 1. The molecular formula is C40H52FN7O8. The molecule has 2 fully saturated rings. The fraction of sp³-hybridized carbons (Fsp3) is 0.500. The van der Waals surface area contributed by atoms with E-state index in [0.717, 1.165) is 25.5 Å². The Hall–Kier alpha value is -5.51. The zero-order valence-corrected chi connectivity index (χ0v) is 32.5. The third-order valence-electron chi connectivity index (χ3n) is 10.6. The van der Waals surface area contributed by atoms with Gasteiger partial charge >= 0.3 is 12.1 Å². The number of carboxylic acids is 1. The molecule has 16 heteroatoms. The fourth-order valence-corrected chi connectivity index (χ4v) is 7.09. The monoisotopic (exact) mass is 777 g/mol. The van der Waals surface area contributed by atoms with Gasteiger partial charge in [-0.15, -0.1) is 0 Å². The molecule has 4 amide bonds. The second-order valence-electron chi connectivity index (χ2n) is 14.6. The van der Waals surface area contributed by atoms with E-state index in [2.05, 4.69) is 20.9 Å². The minimum absolute atomic E-state index is 0.0129. The fourth-order valence-electron chi connectivity index (χ4n) is 7.09. The van der Waals surface area contributed by atoms with Gasteiger partial charge in [-0.05, 0) is 96.4 Å². The number of anilines is 2. The molecule has 4 N–H and O–H groups in total. The number of hydrogen-bond acceptors (Lipinski definition) is 9. The van der Waals surface area contributed by atoms with Crippen LogP contribution in [0.5, 0.6) is 0 Å². The lowest BCUT2D eigenvalue weighted by Gasteiger charge is -2.39. The number of hydrogen-bond donors (Lipinski definition) is 4. The Kier molecular flexibility index (Phi) is 13.7. The average molecular weight is 778 g/mol. The highest BCUT2D eigenvalue weighted by Gasteiger charge is 2.51. The van der Waals surface area contributed by atoms with Crippen LogP contribution in [0.3, 0.4) is 0 Å². The molecule has 15 nitrogen and oxygen atoms in total. The minimum atomic E-state index is -1.38. The topological polar surface area (TPSA) is 183 Å². The maximum Gasteiger partial charge on any atom is 0.410 e. The highest BCUT2D eigenvalue weighted by molar-refractivity contribution is 6.08. The molecule has 0 unspecified atom stereocenters. The van der Waals surface area contributed by atoms with Crippen molar-refractivity contribution in [2.75, 3.05) is 63.6 Å². The van der Waals surface area contributed by atoms with Crippen LogP contribution >= 0.6 is 0 Å². The summed E-state index contributed by atoms with van der Waals surface area (Å²) in [5.41, 5.74) is -0.474. The first-order valence-corrected chi connectivity index (χ1v) is 19.2. The van der Waals surface area contributed by atoms with E-state index >= 15 is 4.39 Å². The van der Waals surface area contributed by atoms with E-state index in [0.29, 0.717) is 68.6 Å². The Labute approximate surface area is 325 Å². The Morgan fingerprint density at radius 1 is 0.982 bits per heavy atom. The van der Waals surface area contributed by atoms with Gasteiger partial charge in [0.05, 0.1) is 11.2 Å². The highest BCUT2D eigenvalue weighted by Crippen LogP contribution is 2.41. The molecular weight excluding hydrogens is 725 g/mol. The van der Waals surface area contributed by atoms with E-state index in [1.54, 1.807) is 53.6 Å². The van der Waals surface area contributed by atoms with Gasteiger partial charge in [-0.1, -0.05) is 18.6 Å². The van der Waals surface area contributed by atoms with Crippen LogP contribution in [0, 0.1) is 11.2 Å². The number of carbonyl (C=O) groups excluding carboxylic acids is 4. The summed E-state index contributed by atoms with van der Waals surface area (Å²) in [5.74, 6) is -3.16. The first kappa shape index (κ1) is 41.6.